The molecule has 1 saturated heterocycles. The summed E-state index contributed by atoms with van der Waals surface area (Å²) in [5, 5.41) is 1.30. The normalized spacial score (nSPS) is 14.7. The van der Waals surface area contributed by atoms with Gasteiger partial charge in [-0.1, -0.05) is 41.1 Å². The molecule has 2 heterocycles. The van der Waals surface area contributed by atoms with Gasteiger partial charge in [-0.3, -0.25) is 14.6 Å². The minimum absolute atomic E-state index is 0.0464. The zero-order chi connectivity index (χ0) is 21.8. The zero-order valence-corrected chi connectivity index (χ0v) is 19.3. The molecule has 0 saturated carbocycles. The summed E-state index contributed by atoms with van der Waals surface area (Å²) in [5.74, 6) is 0.562. The monoisotopic (exact) mass is 459 g/mol. The molecule has 1 aliphatic rings. The number of aromatic nitrogens is 1. The number of rotatable bonds is 7. The summed E-state index contributed by atoms with van der Waals surface area (Å²) in [6.45, 7) is 8.42. The van der Waals surface area contributed by atoms with Crippen LogP contribution >= 0.6 is 22.9 Å². The molecule has 0 unspecified atom stereocenters. The maximum atomic E-state index is 13.2. The van der Waals surface area contributed by atoms with Crippen molar-refractivity contribution < 1.29 is 14.3 Å². The number of benzene rings is 2. The zero-order valence-electron chi connectivity index (χ0n) is 17.8. The molecule has 1 fully saturated rings. The van der Waals surface area contributed by atoms with Crippen molar-refractivity contribution >= 4 is 44.2 Å². The Hall–Kier alpha value is -2.19. The number of thiazole rings is 1. The molecular weight excluding hydrogens is 434 g/mol. The van der Waals surface area contributed by atoms with Crippen LogP contribution in [0.25, 0.3) is 10.2 Å². The van der Waals surface area contributed by atoms with E-state index in [1.165, 1.54) is 11.3 Å². The van der Waals surface area contributed by atoms with Crippen molar-refractivity contribution in [2.75, 3.05) is 50.9 Å². The Balaban J connectivity index is 1.55. The largest absolute Gasteiger partial charge is 0.484 e. The Labute approximate surface area is 191 Å². The smallest absolute Gasteiger partial charge is 0.266 e. The van der Waals surface area contributed by atoms with E-state index in [4.69, 9.17) is 26.1 Å². The van der Waals surface area contributed by atoms with E-state index in [2.05, 4.69) is 4.90 Å². The Morgan fingerprint density at radius 3 is 2.81 bits per heavy atom. The van der Waals surface area contributed by atoms with Crippen LogP contribution in [0, 0.1) is 13.8 Å². The summed E-state index contributed by atoms with van der Waals surface area (Å²) in [4.78, 5) is 22.0. The van der Waals surface area contributed by atoms with Gasteiger partial charge in [-0.05, 0) is 43.2 Å². The number of carbonyl (C=O) groups is 1. The number of morpholine rings is 1. The maximum absolute atomic E-state index is 13.2. The van der Waals surface area contributed by atoms with Gasteiger partial charge in [0, 0.05) is 26.2 Å². The number of amides is 1. The Morgan fingerprint density at radius 1 is 1.26 bits per heavy atom. The fourth-order valence-corrected chi connectivity index (χ4v) is 4.89. The number of hydrogen-bond donors (Lipinski definition) is 0. The van der Waals surface area contributed by atoms with Gasteiger partial charge in [0.1, 0.15) is 5.75 Å². The molecule has 0 bridgehead atoms. The molecule has 2 aromatic carbocycles. The van der Waals surface area contributed by atoms with E-state index in [0.717, 1.165) is 54.2 Å². The molecule has 1 aromatic heterocycles. The molecule has 3 aromatic rings. The SMILES string of the molecule is Cc1cccc(OCC(=O)N(CCN2CCOCC2)c2nc3c(C)ccc(Cl)c3s2)c1. The Morgan fingerprint density at radius 2 is 2.06 bits per heavy atom. The molecular formula is C23H26ClN3O3S. The highest BCUT2D eigenvalue weighted by Gasteiger charge is 2.23. The van der Waals surface area contributed by atoms with Crippen molar-refractivity contribution in [3.05, 3.63) is 52.5 Å². The van der Waals surface area contributed by atoms with Gasteiger partial charge in [0.05, 0.1) is 28.5 Å². The molecule has 164 valence electrons. The summed E-state index contributed by atoms with van der Waals surface area (Å²) < 4.78 is 12.1. The number of halogens is 1. The van der Waals surface area contributed by atoms with Crippen LogP contribution in [0.15, 0.2) is 36.4 Å². The second-order valence-electron chi connectivity index (χ2n) is 7.64. The molecule has 0 spiro atoms. The lowest BCUT2D eigenvalue weighted by Crippen LogP contribution is -2.44. The lowest BCUT2D eigenvalue weighted by molar-refractivity contribution is -0.120. The second-order valence-corrected chi connectivity index (χ2v) is 9.03. The van der Waals surface area contributed by atoms with Gasteiger partial charge >= 0.3 is 0 Å². The summed E-state index contributed by atoms with van der Waals surface area (Å²) in [5.41, 5.74) is 2.97. The van der Waals surface area contributed by atoms with Crippen LogP contribution in [0.4, 0.5) is 5.13 Å². The average molecular weight is 460 g/mol. The molecule has 0 N–H and O–H groups in total. The first kappa shape index (κ1) is 22.0. The molecule has 0 atom stereocenters. The van der Waals surface area contributed by atoms with Gasteiger partial charge in [-0.25, -0.2) is 4.98 Å². The molecule has 8 heteroatoms. The maximum Gasteiger partial charge on any atom is 0.266 e. The van der Waals surface area contributed by atoms with Crippen LogP contribution < -0.4 is 9.64 Å². The van der Waals surface area contributed by atoms with E-state index in [-0.39, 0.29) is 12.5 Å². The van der Waals surface area contributed by atoms with Gasteiger partial charge in [0.25, 0.3) is 5.91 Å². The number of aryl methyl sites for hydroxylation is 2. The van der Waals surface area contributed by atoms with Gasteiger partial charge < -0.3 is 9.47 Å². The highest BCUT2D eigenvalue weighted by atomic mass is 35.5. The van der Waals surface area contributed by atoms with Gasteiger partial charge in [-0.2, -0.15) is 0 Å². The van der Waals surface area contributed by atoms with Crippen LogP contribution in [-0.2, 0) is 9.53 Å². The molecule has 4 rings (SSSR count). The van der Waals surface area contributed by atoms with Crippen molar-refractivity contribution in [2.45, 2.75) is 13.8 Å². The van der Waals surface area contributed by atoms with Crippen molar-refractivity contribution in [2.24, 2.45) is 0 Å². The van der Waals surface area contributed by atoms with Crippen molar-refractivity contribution in [3.63, 3.8) is 0 Å². The number of fused-ring (bicyclic) bond motifs is 1. The highest BCUT2D eigenvalue weighted by molar-refractivity contribution is 7.23. The first-order valence-electron chi connectivity index (χ1n) is 10.4. The van der Waals surface area contributed by atoms with Crippen molar-refractivity contribution in [1.82, 2.24) is 9.88 Å². The lowest BCUT2D eigenvalue weighted by atomic mass is 10.2. The van der Waals surface area contributed by atoms with Crippen molar-refractivity contribution in [1.29, 1.82) is 0 Å². The Kier molecular flexibility index (Phi) is 7.07. The predicted octanol–water partition coefficient (Wildman–Crippen LogP) is 4.31. The van der Waals surface area contributed by atoms with Gasteiger partial charge in [0.15, 0.2) is 11.7 Å². The van der Waals surface area contributed by atoms with E-state index < -0.39 is 0 Å². The third-order valence-electron chi connectivity index (χ3n) is 5.31. The number of hydrogen-bond acceptors (Lipinski definition) is 6. The molecule has 31 heavy (non-hydrogen) atoms. The van der Waals surface area contributed by atoms with E-state index in [0.29, 0.717) is 22.4 Å². The van der Waals surface area contributed by atoms with E-state index in [9.17, 15) is 4.79 Å². The van der Waals surface area contributed by atoms with Crippen LogP contribution in [-0.4, -0.2) is 61.8 Å². The van der Waals surface area contributed by atoms with E-state index in [1.807, 2.05) is 50.2 Å². The first-order chi connectivity index (χ1) is 15.0. The van der Waals surface area contributed by atoms with Crippen LogP contribution in [0.2, 0.25) is 5.02 Å². The third kappa shape index (κ3) is 5.36. The minimum Gasteiger partial charge on any atom is -0.484 e. The van der Waals surface area contributed by atoms with Crippen LogP contribution in [0.5, 0.6) is 5.75 Å². The summed E-state index contributed by atoms with van der Waals surface area (Å²) in [7, 11) is 0. The van der Waals surface area contributed by atoms with Crippen LogP contribution in [0.3, 0.4) is 0 Å². The second kappa shape index (κ2) is 9.96. The molecule has 6 nitrogen and oxygen atoms in total. The molecule has 0 radical (unpaired) electrons. The average Bonchev–Trinajstić information content (AvgIpc) is 3.22. The van der Waals surface area contributed by atoms with E-state index in [1.54, 1.807) is 4.90 Å². The number of carbonyl (C=O) groups excluding carboxylic acids is 1. The third-order valence-corrected chi connectivity index (χ3v) is 6.85. The van der Waals surface area contributed by atoms with Crippen LogP contribution in [0.1, 0.15) is 11.1 Å². The molecule has 1 amide bonds. The summed E-state index contributed by atoms with van der Waals surface area (Å²) in [6.07, 6.45) is 0. The lowest BCUT2D eigenvalue weighted by Gasteiger charge is -2.29. The fraction of sp³-hybridized carbons (Fsp3) is 0.391. The topological polar surface area (TPSA) is 54.9 Å². The molecule has 1 aliphatic heterocycles. The van der Waals surface area contributed by atoms with Gasteiger partial charge in [-0.15, -0.1) is 0 Å². The predicted molar refractivity (Wildman–Crippen MR) is 126 cm³/mol. The van der Waals surface area contributed by atoms with Gasteiger partial charge in [0.2, 0.25) is 0 Å². The van der Waals surface area contributed by atoms with E-state index >= 15 is 0 Å². The van der Waals surface area contributed by atoms with Crippen molar-refractivity contribution in [3.8, 4) is 5.75 Å². The molecule has 0 aliphatic carbocycles. The first-order valence-corrected chi connectivity index (χ1v) is 11.6. The number of nitrogens with zero attached hydrogens (tertiary/aromatic N) is 3. The standard InChI is InChI=1S/C23H26ClN3O3S/c1-16-4-3-5-18(14-16)30-15-20(28)27(9-8-26-10-12-29-13-11-26)23-25-21-17(2)6-7-19(24)22(21)31-23/h3-7,14H,8-13,15H2,1-2H3. The minimum atomic E-state index is -0.123. The summed E-state index contributed by atoms with van der Waals surface area (Å²) in [6, 6.07) is 11.5. The summed E-state index contributed by atoms with van der Waals surface area (Å²) >= 11 is 7.85. The number of anilines is 1. The Bertz CT molecular complexity index is 1030. The number of ether oxygens (including phenoxy) is 2. The fourth-order valence-electron chi connectivity index (χ4n) is 3.53. The highest BCUT2D eigenvalue weighted by Crippen LogP contribution is 2.35. The quantitative estimate of drug-likeness (QED) is 0.527.